The molecule has 0 radical (unpaired) electrons. The molecule has 0 fully saturated rings. The van der Waals surface area contributed by atoms with Crippen LogP contribution in [0.25, 0.3) is 11.1 Å². The van der Waals surface area contributed by atoms with Crippen LogP contribution in [-0.2, 0) is 0 Å². The number of carbonyl (C=O) groups excluding carboxylic acids is 1. The number of phenolic OH excluding ortho intramolecular Hbond substituents is 1. The third kappa shape index (κ3) is 3.54. The van der Waals surface area contributed by atoms with E-state index in [9.17, 15) is 9.90 Å². The molecule has 21 heavy (non-hydrogen) atoms. The van der Waals surface area contributed by atoms with Gasteiger partial charge in [0.2, 0.25) is 0 Å². The van der Waals surface area contributed by atoms with Crippen molar-refractivity contribution in [3.8, 4) is 16.9 Å². The lowest BCUT2D eigenvalue weighted by molar-refractivity contribution is 0.0945. The Labute approximate surface area is 128 Å². The zero-order valence-electron chi connectivity index (χ0n) is 11.6. The second-order valence-electron chi connectivity index (χ2n) is 4.68. The summed E-state index contributed by atoms with van der Waals surface area (Å²) in [5.74, 6) is -0.159. The number of halogens is 1. The van der Waals surface area contributed by atoms with Crippen LogP contribution < -0.4 is 5.32 Å². The van der Waals surface area contributed by atoms with Gasteiger partial charge in [-0.15, -0.1) is 0 Å². The average molecular weight is 306 g/mol. The highest BCUT2D eigenvalue weighted by atomic mass is 35.5. The topological polar surface area (TPSA) is 69.6 Å². The molecular weight excluding hydrogens is 290 g/mol. The van der Waals surface area contributed by atoms with E-state index in [0.29, 0.717) is 21.7 Å². The molecule has 0 saturated carbocycles. The molecule has 0 aliphatic rings. The van der Waals surface area contributed by atoms with Crippen molar-refractivity contribution in [2.24, 2.45) is 0 Å². The normalized spacial score (nSPS) is 10.4. The number of aliphatic hydroxyl groups excluding tert-OH is 1. The molecule has 0 atom stereocenters. The Hall–Kier alpha value is -2.04. The molecule has 1 amide bonds. The average Bonchev–Trinajstić information content (AvgIpc) is 2.48. The Morgan fingerprint density at radius 2 is 2.05 bits per heavy atom. The molecule has 0 heterocycles. The minimum Gasteiger partial charge on any atom is -0.507 e. The van der Waals surface area contributed by atoms with Gasteiger partial charge in [-0.3, -0.25) is 4.79 Å². The van der Waals surface area contributed by atoms with Crippen molar-refractivity contribution in [2.75, 3.05) is 13.2 Å². The van der Waals surface area contributed by atoms with Crippen LogP contribution in [0, 0.1) is 6.92 Å². The summed E-state index contributed by atoms with van der Waals surface area (Å²) in [5.41, 5.74) is 2.51. The Morgan fingerprint density at radius 1 is 1.29 bits per heavy atom. The number of hydrogen-bond acceptors (Lipinski definition) is 3. The number of carbonyl (C=O) groups is 1. The van der Waals surface area contributed by atoms with Crippen molar-refractivity contribution in [3.63, 3.8) is 0 Å². The molecule has 5 heteroatoms. The van der Waals surface area contributed by atoms with Crippen molar-refractivity contribution < 1.29 is 15.0 Å². The van der Waals surface area contributed by atoms with Gasteiger partial charge in [0.1, 0.15) is 5.75 Å². The molecule has 110 valence electrons. The maximum absolute atomic E-state index is 11.9. The van der Waals surface area contributed by atoms with Crippen LogP contribution in [0.4, 0.5) is 0 Å². The lowest BCUT2D eigenvalue weighted by atomic mass is 10.0. The van der Waals surface area contributed by atoms with E-state index in [1.165, 1.54) is 0 Å². The standard InChI is InChI=1S/C16H16ClNO3/c1-10-7-15(20)13(9-14(10)17)11-3-2-4-12(8-11)16(21)18-5-6-19/h2-4,7-9,19-20H,5-6H2,1H3,(H,18,21). The van der Waals surface area contributed by atoms with Crippen molar-refractivity contribution in [1.82, 2.24) is 5.32 Å². The van der Waals surface area contributed by atoms with E-state index in [1.807, 2.05) is 6.92 Å². The Morgan fingerprint density at radius 3 is 2.76 bits per heavy atom. The molecule has 0 bridgehead atoms. The highest BCUT2D eigenvalue weighted by molar-refractivity contribution is 6.31. The maximum Gasteiger partial charge on any atom is 0.251 e. The number of benzene rings is 2. The van der Waals surface area contributed by atoms with Gasteiger partial charge in [0.05, 0.1) is 6.61 Å². The summed E-state index contributed by atoms with van der Waals surface area (Å²) >= 11 is 6.09. The molecule has 2 aromatic rings. The van der Waals surface area contributed by atoms with Crippen LogP contribution in [0.5, 0.6) is 5.75 Å². The van der Waals surface area contributed by atoms with Gasteiger partial charge >= 0.3 is 0 Å². The third-order valence-corrected chi connectivity index (χ3v) is 3.52. The van der Waals surface area contributed by atoms with E-state index in [0.717, 1.165) is 5.56 Å². The number of nitrogens with one attached hydrogen (secondary N) is 1. The predicted octanol–water partition coefficient (Wildman–Crippen LogP) is 2.74. The monoisotopic (exact) mass is 305 g/mol. The van der Waals surface area contributed by atoms with Gasteiger partial charge in [-0.1, -0.05) is 23.7 Å². The number of aryl methyl sites for hydroxylation is 1. The summed E-state index contributed by atoms with van der Waals surface area (Å²) in [7, 11) is 0. The summed E-state index contributed by atoms with van der Waals surface area (Å²) in [6.45, 7) is 1.90. The maximum atomic E-state index is 11.9. The first-order chi connectivity index (χ1) is 10.0. The van der Waals surface area contributed by atoms with Crippen LogP contribution in [0.1, 0.15) is 15.9 Å². The number of hydrogen-bond donors (Lipinski definition) is 3. The quantitative estimate of drug-likeness (QED) is 0.813. The minimum absolute atomic E-state index is 0.111. The van der Waals surface area contributed by atoms with Crippen LogP contribution in [-0.4, -0.2) is 29.3 Å². The minimum atomic E-state index is -0.274. The lowest BCUT2D eigenvalue weighted by Crippen LogP contribution is -2.26. The smallest absolute Gasteiger partial charge is 0.251 e. The van der Waals surface area contributed by atoms with E-state index in [1.54, 1.807) is 36.4 Å². The highest BCUT2D eigenvalue weighted by Gasteiger charge is 2.11. The van der Waals surface area contributed by atoms with Crippen LogP contribution >= 0.6 is 11.6 Å². The zero-order valence-corrected chi connectivity index (χ0v) is 12.3. The molecule has 0 spiro atoms. The molecule has 0 unspecified atom stereocenters. The van der Waals surface area contributed by atoms with E-state index in [2.05, 4.69) is 5.32 Å². The molecule has 3 N–H and O–H groups in total. The van der Waals surface area contributed by atoms with Gasteiger partial charge in [0, 0.05) is 22.7 Å². The largest absolute Gasteiger partial charge is 0.507 e. The van der Waals surface area contributed by atoms with Gasteiger partial charge in [-0.25, -0.2) is 0 Å². The van der Waals surface area contributed by atoms with Crippen molar-refractivity contribution >= 4 is 17.5 Å². The molecular formula is C16H16ClNO3. The second kappa shape index (κ2) is 6.61. The summed E-state index contributed by atoms with van der Waals surface area (Å²) < 4.78 is 0. The van der Waals surface area contributed by atoms with Gasteiger partial charge in [-0.05, 0) is 42.3 Å². The molecule has 0 aromatic heterocycles. The van der Waals surface area contributed by atoms with Gasteiger partial charge in [0.15, 0.2) is 0 Å². The lowest BCUT2D eigenvalue weighted by Gasteiger charge is -2.09. The SMILES string of the molecule is Cc1cc(O)c(-c2cccc(C(=O)NCCO)c2)cc1Cl. The predicted molar refractivity (Wildman–Crippen MR) is 82.7 cm³/mol. The number of amides is 1. The molecule has 2 aromatic carbocycles. The van der Waals surface area contributed by atoms with Gasteiger partial charge in [0.25, 0.3) is 5.91 Å². The van der Waals surface area contributed by atoms with Crippen LogP contribution in [0.3, 0.4) is 0 Å². The van der Waals surface area contributed by atoms with Crippen LogP contribution in [0.15, 0.2) is 36.4 Å². The van der Waals surface area contributed by atoms with E-state index in [-0.39, 0.29) is 24.8 Å². The number of aliphatic hydroxyl groups is 1. The molecule has 0 saturated heterocycles. The first-order valence-electron chi connectivity index (χ1n) is 6.51. The molecule has 4 nitrogen and oxygen atoms in total. The highest BCUT2D eigenvalue weighted by Crippen LogP contribution is 2.34. The summed E-state index contributed by atoms with van der Waals surface area (Å²) in [4.78, 5) is 11.9. The van der Waals surface area contributed by atoms with E-state index >= 15 is 0 Å². The first-order valence-corrected chi connectivity index (χ1v) is 6.89. The Kier molecular flexibility index (Phi) is 4.83. The van der Waals surface area contributed by atoms with Crippen molar-refractivity contribution in [1.29, 1.82) is 0 Å². The fourth-order valence-corrected chi connectivity index (χ4v) is 2.16. The molecule has 0 aliphatic heterocycles. The fourth-order valence-electron chi connectivity index (χ4n) is 2.00. The van der Waals surface area contributed by atoms with Crippen molar-refractivity contribution in [3.05, 3.63) is 52.5 Å². The summed E-state index contributed by atoms with van der Waals surface area (Å²) in [6.07, 6.45) is 0. The van der Waals surface area contributed by atoms with Gasteiger partial charge in [-0.2, -0.15) is 0 Å². The Bertz CT molecular complexity index is 671. The second-order valence-corrected chi connectivity index (χ2v) is 5.09. The van der Waals surface area contributed by atoms with Crippen molar-refractivity contribution in [2.45, 2.75) is 6.92 Å². The van der Waals surface area contributed by atoms with Gasteiger partial charge < -0.3 is 15.5 Å². The van der Waals surface area contributed by atoms with E-state index < -0.39 is 0 Å². The molecule has 2 rings (SSSR count). The summed E-state index contributed by atoms with van der Waals surface area (Å²) in [6, 6.07) is 10.1. The third-order valence-electron chi connectivity index (χ3n) is 3.11. The Balaban J connectivity index is 2.37. The number of phenols is 1. The first kappa shape index (κ1) is 15.4. The summed E-state index contributed by atoms with van der Waals surface area (Å²) in [5, 5.41) is 21.9. The van der Waals surface area contributed by atoms with E-state index in [4.69, 9.17) is 16.7 Å². The zero-order chi connectivity index (χ0) is 15.4. The van der Waals surface area contributed by atoms with Crippen LogP contribution in [0.2, 0.25) is 5.02 Å². The number of rotatable bonds is 4. The fraction of sp³-hybridized carbons (Fsp3) is 0.188. The molecule has 0 aliphatic carbocycles. The number of aromatic hydroxyl groups is 1.